The van der Waals surface area contributed by atoms with Crippen LogP contribution in [0.4, 0.5) is 5.69 Å². The second kappa shape index (κ2) is 10.8. The number of benzene rings is 1. The van der Waals surface area contributed by atoms with E-state index in [-0.39, 0.29) is 11.8 Å². The second-order valence-corrected chi connectivity index (χ2v) is 5.55. The smallest absolute Gasteiger partial charge is 0.251 e. The molecule has 4 nitrogen and oxygen atoms in total. The average Bonchev–Trinajstić information content (AvgIpc) is 2.53. The normalized spacial score (nSPS) is 10.3. The molecule has 2 N–H and O–H groups in total. The maximum Gasteiger partial charge on any atom is 0.251 e. The van der Waals surface area contributed by atoms with Crippen LogP contribution in [0.5, 0.6) is 0 Å². The zero-order valence-electron chi connectivity index (χ0n) is 13.8. The van der Waals surface area contributed by atoms with E-state index in [0.29, 0.717) is 18.5 Å². The molecule has 0 saturated carbocycles. The summed E-state index contributed by atoms with van der Waals surface area (Å²) in [6, 6.07) is 7.02. The lowest BCUT2D eigenvalue weighted by molar-refractivity contribution is -0.116. The van der Waals surface area contributed by atoms with Gasteiger partial charge in [0.25, 0.3) is 5.91 Å². The number of hydrogen-bond donors (Lipinski definition) is 2. The Kier molecular flexibility index (Phi) is 8.96. The SMILES string of the molecule is CCCCCCCC(=O)Nc1ccc(C(=O)NCCC)cc1. The molecule has 22 heavy (non-hydrogen) atoms. The molecule has 4 heteroatoms. The third kappa shape index (κ3) is 7.25. The van der Waals surface area contributed by atoms with Crippen molar-refractivity contribution in [2.45, 2.75) is 58.8 Å². The van der Waals surface area contributed by atoms with Gasteiger partial charge in [0.1, 0.15) is 0 Å². The first-order valence-corrected chi connectivity index (χ1v) is 8.35. The third-order valence-corrected chi connectivity index (χ3v) is 3.47. The maximum absolute atomic E-state index is 11.8. The lowest BCUT2D eigenvalue weighted by Gasteiger charge is -2.07. The Morgan fingerprint density at radius 3 is 2.23 bits per heavy atom. The first-order valence-electron chi connectivity index (χ1n) is 8.35. The highest BCUT2D eigenvalue weighted by Gasteiger charge is 2.06. The maximum atomic E-state index is 11.8. The number of unbranched alkanes of at least 4 members (excludes halogenated alkanes) is 4. The van der Waals surface area contributed by atoms with Crippen molar-refractivity contribution < 1.29 is 9.59 Å². The molecule has 0 saturated heterocycles. The van der Waals surface area contributed by atoms with Gasteiger partial charge < -0.3 is 10.6 Å². The van der Waals surface area contributed by atoms with Crippen LogP contribution in [0.25, 0.3) is 0 Å². The Labute approximate surface area is 133 Å². The van der Waals surface area contributed by atoms with Gasteiger partial charge in [0, 0.05) is 24.2 Å². The second-order valence-electron chi connectivity index (χ2n) is 5.55. The zero-order valence-corrected chi connectivity index (χ0v) is 13.8. The highest BCUT2D eigenvalue weighted by atomic mass is 16.2. The Bertz CT molecular complexity index is 455. The fourth-order valence-corrected chi connectivity index (χ4v) is 2.16. The van der Waals surface area contributed by atoms with E-state index in [0.717, 1.165) is 24.9 Å². The number of carbonyl (C=O) groups is 2. The molecule has 0 aliphatic heterocycles. The number of anilines is 1. The summed E-state index contributed by atoms with van der Waals surface area (Å²) < 4.78 is 0. The third-order valence-electron chi connectivity index (χ3n) is 3.47. The van der Waals surface area contributed by atoms with Crippen molar-refractivity contribution in [3.63, 3.8) is 0 Å². The van der Waals surface area contributed by atoms with Gasteiger partial charge in [-0.2, -0.15) is 0 Å². The van der Waals surface area contributed by atoms with Crippen LogP contribution in [-0.4, -0.2) is 18.4 Å². The molecule has 2 amide bonds. The minimum atomic E-state index is -0.0735. The van der Waals surface area contributed by atoms with Gasteiger partial charge in [-0.1, -0.05) is 39.5 Å². The topological polar surface area (TPSA) is 58.2 Å². The molecule has 0 aliphatic carbocycles. The highest BCUT2D eigenvalue weighted by Crippen LogP contribution is 2.11. The van der Waals surface area contributed by atoms with Crippen LogP contribution >= 0.6 is 0 Å². The molecule has 1 aromatic carbocycles. The quantitative estimate of drug-likeness (QED) is 0.639. The van der Waals surface area contributed by atoms with Crippen LogP contribution in [0.2, 0.25) is 0 Å². The van der Waals surface area contributed by atoms with E-state index < -0.39 is 0 Å². The zero-order chi connectivity index (χ0) is 16.2. The number of amides is 2. The molecule has 0 bridgehead atoms. The Morgan fingerprint density at radius 1 is 0.909 bits per heavy atom. The first kappa shape index (κ1) is 18.2. The molecule has 0 heterocycles. The standard InChI is InChI=1S/C18H28N2O2/c1-3-5-6-7-8-9-17(21)20-16-12-10-15(11-13-16)18(22)19-14-4-2/h10-13H,3-9,14H2,1-2H3,(H,19,22)(H,20,21). The molecule has 0 radical (unpaired) electrons. The minimum absolute atomic E-state index is 0.0414. The number of rotatable bonds is 10. The first-order chi connectivity index (χ1) is 10.7. The minimum Gasteiger partial charge on any atom is -0.352 e. The summed E-state index contributed by atoms with van der Waals surface area (Å²) in [5, 5.41) is 5.70. The molecular weight excluding hydrogens is 276 g/mol. The van der Waals surface area contributed by atoms with Crippen LogP contribution < -0.4 is 10.6 Å². The van der Waals surface area contributed by atoms with E-state index in [1.54, 1.807) is 24.3 Å². The Morgan fingerprint density at radius 2 is 1.59 bits per heavy atom. The van der Waals surface area contributed by atoms with Crippen molar-refractivity contribution in [3.05, 3.63) is 29.8 Å². The summed E-state index contributed by atoms with van der Waals surface area (Å²) in [6.45, 7) is 4.87. The average molecular weight is 304 g/mol. The van der Waals surface area contributed by atoms with Crippen molar-refractivity contribution in [2.24, 2.45) is 0 Å². The van der Waals surface area contributed by atoms with E-state index in [4.69, 9.17) is 0 Å². The van der Waals surface area contributed by atoms with Crippen LogP contribution in [0.3, 0.4) is 0 Å². The lowest BCUT2D eigenvalue weighted by atomic mass is 10.1. The number of carbonyl (C=O) groups excluding carboxylic acids is 2. The van der Waals surface area contributed by atoms with Gasteiger partial charge in [-0.25, -0.2) is 0 Å². The summed E-state index contributed by atoms with van der Waals surface area (Å²) in [7, 11) is 0. The van der Waals surface area contributed by atoms with E-state index in [9.17, 15) is 9.59 Å². The fraction of sp³-hybridized carbons (Fsp3) is 0.556. The molecule has 122 valence electrons. The van der Waals surface area contributed by atoms with Crippen molar-refractivity contribution in [1.29, 1.82) is 0 Å². The highest BCUT2D eigenvalue weighted by molar-refractivity contribution is 5.95. The van der Waals surface area contributed by atoms with Crippen LogP contribution in [-0.2, 0) is 4.79 Å². The van der Waals surface area contributed by atoms with Gasteiger partial charge >= 0.3 is 0 Å². The molecule has 1 rings (SSSR count). The van der Waals surface area contributed by atoms with Gasteiger partial charge in [0.05, 0.1) is 0 Å². The molecule has 0 fully saturated rings. The van der Waals surface area contributed by atoms with E-state index >= 15 is 0 Å². The van der Waals surface area contributed by atoms with E-state index in [1.165, 1.54) is 19.3 Å². The van der Waals surface area contributed by atoms with Crippen molar-refractivity contribution in [2.75, 3.05) is 11.9 Å². The summed E-state index contributed by atoms with van der Waals surface area (Å²) >= 11 is 0. The summed E-state index contributed by atoms with van der Waals surface area (Å²) in [4.78, 5) is 23.6. The van der Waals surface area contributed by atoms with E-state index in [1.807, 2.05) is 6.92 Å². The lowest BCUT2D eigenvalue weighted by Crippen LogP contribution is -2.23. The molecule has 1 aromatic rings. The Hall–Kier alpha value is -1.84. The molecule has 0 atom stereocenters. The van der Waals surface area contributed by atoms with Gasteiger partial charge in [0.15, 0.2) is 0 Å². The van der Waals surface area contributed by atoms with Crippen LogP contribution in [0, 0.1) is 0 Å². The number of nitrogens with one attached hydrogen (secondary N) is 2. The van der Waals surface area contributed by atoms with Gasteiger partial charge in [0.2, 0.25) is 5.91 Å². The fourth-order valence-electron chi connectivity index (χ4n) is 2.16. The summed E-state index contributed by atoms with van der Waals surface area (Å²) in [5.41, 5.74) is 1.36. The van der Waals surface area contributed by atoms with Gasteiger partial charge in [-0.15, -0.1) is 0 Å². The van der Waals surface area contributed by atoms with Crippen LogP contribution in [0.15, 0.2) is 24.3 Å². The molecule has 0 aliphatic rings. The van der Waals surface area contributed by atoms with E-state index in [2.05, 4.69) is 17.6 Å². The molecule has 0 aromatic heterocycles. The van der Waals surface area contributed by atoms with Crippen molar-refractivity contribution in [1.82, 2.24) is 5.32 Å². The van der Waals surface area contributed by atoms with Gasteiger partial charge in [-0.05, 0) is 37.1 Å². The molecule has 0 unspecified atom stereocenters. The monoisotopic (exact) mass is 304 g/mol. The predicted octanol–water partition coefficient (Wildman–Crippen LogP) is 4.13. The molecular formula is C18H28N2O2. The Balaban J connectivity index is 2.34. The molecule has 0 spiro atoms. The largest absolute Gasteiger partial charge is 0.352 e. The van der Waals surface area contributed by atoms with Crippen molar-refractivity contribution >= 4 is 17.5 Å². The predicted molar refractivity (Wildman–Crippen MR) is 91.1 cm³/mol. The van der Waals surface area contributed by atoms with Crippen LogP contribution in [0.1, 0.15) is 69.2 Å². The van der Waals surface area contributed by atoms with Gasteiger partial charge in [-0.3, -0.25) is 9.59 Å². The van der Waals surface area contributed by atoms with Crippen molar-refractivity contribution in [3.8, 4) is 0 Å². The summed E-state index contributed by atoms with van der Waals surface area (Å²) in [6.07, 6.45) is 7.17. The summed E-state index contributed by atoms with van der Waals surface area (Å²) in [5.74, 6) is -0.0321. The number of hydrogen-bond acceptors (Lipinski definition) is 2.